The summed E-state index contributed by atoms with van der Waals surface area (Å²) < 4.78 is 12.0. The van der Waals surface area contributed by atoms with Crippen LogP contribution in [-0.4, -0.2) is 21.9 Å². The Bertz CT molecular complexity index is 880. The molecular formula is C20H20O5. The van der Waals surface area contributed by atoms with Crippen molar-refractivity contribution in [3.8, 4) is 28.7 Å². The van der Waals surface area contributed by atoms with Crippen LogP contribution in [0.5, 0.6) is 28.7 Å². The molecule has 25 heavy (non-hydrogen) atoms. The second-order valence-electron chi connectivity index (χ2n) is 6.80. The molecule has 5 nitrogen and oxygen atoms in total. The molecule has 5 heteroatoms. The van der Waals surface area contributed by atoms with Crippen molar-refractivity contribution in [2.45, 2.75) is 32.3 Å². The van der Waals surface area contributed by atoms with Crippen LogP contribution in [0.25, 0.3) is 0 Å². The molecule has 0 bridgehead atoms. The van der Waals surface area contributed by atoms with E-state index >= 15 is 0 Å². The molecule has 2 heterocycles. The molecule has 0 aromatic heterocycles. The van der Waals surface area contributed by atoms with E-state index < -0.39 is 0 Å². The Balaban J connectivity index is 1.77. The lowest BCUT2D eigenvalue weighted by Crippen LogP contribution is -2.24. The summed E-state index contributed by atoms with van der Waals surface area (Å²) in [6, 6.07) is 6.46. The maximum atomic E-state index is 10.3. The number of allylic oxidation sites excluding steroid dienone is 2. The molecule has 2 aliphatic heterocycles. The van der Waals surface area contributed by atoms with Crippen LogP contribution < -0.4 is 9.47 Å². The minimum Gasteiger partial charge on any atom is -0.508 e. The first-order valence-electron chi connectivity index (χ1n) is 8.29. The molecule has 0 fully saturated rings. The summed E-state index contributed by atoms with van der Waals surface area (Å²) in [7, 11) is 0. The van der Waals surface area contributed by atoms with Gasteiger partial charge in [-0.1, -0.05) is 11.6 Å². The van der Waals surface area contributed by atoms with E-state index in [0.717, 1.165) is 16.7 Å². The van der Waals surface area contributed by atoms with Crippen molar-refractivity contribution in [1.82, 2.24) is 0 Å². The molecule has 2 aromatic rings. The maximum Gasteiger partial charge on any atom is 0.161 e. The van der Waals surface area contributed by atoms with Gasteiger partial charge < -0.3 is 24.8 Å². The van der Waals surface area contributed by atoms with E-state index in [9.17, 15) is 15.3 Å². The first-order valence-corrected chi connectivity index (χ1v) is 8.29. The number of fused-ring (bicyclic) bond motifs is 5. The smallest absolute Gasteiger partial charge is 0.161 e. The first kappa shape index (κ1) is 15.7. The Morgan fingerprint density at radius 3 is 2.60 bits per heavy atom. The van der Waals surface area contributed by atoms with Crippen LogP contribution in [0.1, 0.15) is 42.6 Å². The van der Waals surface area contributed by atoms with Gasteiger partial charge in [0, 0.05) is 22.8 Å². The maximum absolute atomic E-state index is 10.3. The Hall–Kier alpha value is -2.82. The highest BCUT2D eigenvalue weighted by molar-refractivity contribution is 5.58. The zero-order valence-corrected chi connectivity index (χ0v) is 14.1. The van der Waals surface area contributed by atoms with E-state index in [0.29, 0.717) is 24.5 Å². The molecule has 0 spiro atoms. The molecule has 4 rings (SSSR count). The molecule has 2 aliphatic rings. The van der Waals surface area contributed by atoms with Gasteiger partial charge in [0.25, 0.3) is 0 Å². The average molecular weight is 340 g/mol. The van der Waals surface area contributed by atoms with Gasteiger partial charge in [0.2, 0.25) is 0 Å². The van der Waals surface area contributed by atoms with Gasteiger partial charge in [-0.05, 0) is 38.5 Å². The van der Waals surface area contributed by atoms with Gasteiger partial charge in [0.05, 0.1) is 12.5 Å². The van der Waals surface area contributed by atoms with Crippen molar-refractivity contribution in [2.75, 3.05) is 6.61 Å². The second-order valence-corrected chi connectivity index (χ2v) is 6.80. The number of aromatic hydroxyl groups is 3. The van der Waals surface area contributed by atoms with Crippen LogP contribution >= 0.6 is 0 Å². The molecule has 2 aromatic carbocycles. The minimum atomic E-state index is -0.258. The fourth-order valence-corrected chi connectivity index (χ4v) is 3.51. The Morgan fingerprint density at radius 1 is 1.08 bits per heavy atom. The van der Waals surface area contributed by atoms with Crippen LogP contribution in [0.4, 0.5) is 0 Å². The predicted molar refractivity (Wildman–Crippen MR) is 92.6 cm³/mol. The molecule has 0 aliphatic carbocycles. The molecule has 2 atom stereocenters. The topological polar surface area (TPSA) is 79.2 Å². The molecule has 0 saturated carbocycles. The van der Waals surface area contributed by atoms with Gasteiger partial charge in [-0.2, -0.15) is 0 Å². The van der Waals surface area contributed by atoms with Gasteiger partial charge in [-0.25, -0.2) is 0 Å². The van der Waals surface area contributed by atoms with E-state index in [4.69, 9.17) is 9.47 Å². The summed E-state index contributed by atoms with van der Waals surface area (Å²) in [5.41, 5.74) is 3.62. The van der Waals surface area contributed by atoms with Crippen molar-refractivity contribution in [3.63, 3.8) is 0 Å². The predicted octanol–water partition coefficient (Wildman–Crippen LogP) is 3.92. The lowest BCUT2D eigenvalue weighted by molar-refractivity contribution is 0.138. The fraction of sp³-hybridized carbons (Fsp3) is 0.300. The number of ether oxygens (including phenoxy) is 2. The summed E-state index contributed by atoms with van der Waals surface area (Å²) in [5.74, 6) is 1.01. The Morgan fingerprint density at radius 2 is 1.84 bits per heavy atom. The van der Waals surface area contributed by atoms with E-state index in [-0.39, 0.29) is 29.3 Å². The number of rotatable bonds is 2. The molecule has 0 radical (unpaired) electrons. The lowest BCUT2D eigenvalue weighted by atomic mass is 9.87. The van der Waals surface area contributed by atoms with Crippen LogP contribution in [0.3, 0.4) is 0 Å². The van der Waals surface area contributed by atoms with Crippen molar-refractivity contribution in [2.24, 2.45) is 0 Å². The second kappa shape index (κ2) is 5.62. The summed E-state index contributed by atoms with van der Waals surface area (Å²) in [6.45, 7) is 4.41. The van der Waals surface area contributed by atoms with Crippen LogP contribution in [-0.2, 0) is 6.42 Å². The summed E-state index contributed by atoms with van der Waals surface area (Å²) in [4.78, 5) is 0. The zero-order valence-electron chi connectivity index (χ0n) is 14.1. The lowest BCUT2D eigenvalue weighted by Gasteiger charge is -2.29. The molecule has 0 amide bonds. The van der Waals surface area contributed by atoms with Gasteiger partial charge in [-0.3, -0.25) is 0 Å². The third-order valence-corrected chi connectivity index (χ3v) is 4.82. The third-order valence-electron chi connectivity index (χ3n) is 4.82. The fourth-order valence-electron chi connectivity index (χ4n) is 3.51. The van der Waals surface area contributed by atoms with E-state index in [1.807, 2.05) is 26.0 Å². The highest BCUT2D eigenvalue weighted by Gasteiger charge is 2.42. The highest BCUT2D eigenvalue weighted by Crippen LogP contribution is 2.54. The van der Waals surface area contributed by atoms with Gasteiger partial charge in [0.1, 0.15) is 23.4 Å². The van der Waals surface area contributed by atoms with E-state index in [1.54, 1.807) is 6.07 Å². The Kier molecular flexibility index (Phi) is 3.53. The summed E-state index contributed by atoms with van der Waals surface area (Å²) in [5, 5.41) is 29.7. The minimum absolute atomic E-state index is 0.0603. The van der Waals surface area contributed by atoms with Crippen molar-refractivity contribution >= 4 is 0 Å². The normalized spacial score (nSPS) is 19.9. The van der Waals surface area contributed by atoms with E-state index in [2.05, 4.69) is 0 Å². The quantitative estimate of drug-likeness (QED) is 0.570. The first-order chi connectivity index (χ1) is 12.0. The number of benzene rings is 2. The van der Waals surface area contributed by atoms with Crippen LogP contribution in [0.2, 0.25) is 0 Å². The van der Waals surface area contributed by atoms with E-state index in [1.165, 1.54) is 17.7 Å². The molecular weight excluding hydrogens is 320 g/mol. The van der Waals surface area contributed by atoms with Gasteiger partial charge >= 0.3 is 0 Å². The SMILES string of the molecule is CC(C)=CCc1c(O)ccc2c1OC[C@H]1c3cc(O)c(O)cc3O[C@@H]21. The average Bonchev–Trinajstić information content (AvgIpc) is 2.91. The largest absolute Gasteiger partial charge is 0.508 e. The number of hydrogen-bond acceptors (Lipinski definition) is 5. The van der Waals surface area contributed by atoms with Crippen LogP contribution in [0, 0.1) is 0 Å². The van der Waals surface area contributed by atoms with Crippen molar-refractivity contribution < 1.29 is 24.8 Å². The molecule has 0 saturated heterocycles. The molecule has 3 N–H and O–H groups in total. The number of hydrogen-bond donors (Lipinski definition) is 3. The van der Waals surface area contributed by atoms with Crippen molar-refractivity contribution in [1.29, 1.82) is 0 Å². The van der Waals surface area contributed by atoms with Crippen molar-refractivity contribution in [3.05, 3.63) is 52.6 Å². The summed E-state index contributed by atoms with van der Waals surface area (Å²) >= 11 is 0. The molecule has 130 valence electrons. The molecule has 0 unspecified atom stereocenters. The van der Waals surface area contributed by atoms with Crippen LogP contribution in [0.15, 0.2) is 35.9 Å². The standard InChI is InChI=1S/C20H20O5/c1-10(2)3-4-11-15(21)6-5-12-19(11)24-9-14-13-7-16(22)17(23)8-18(13)25-20(12)14/h3,5-8,14,20-23H,4,9H2,1-2H3/t14-,20-/m0/s1. The summed E-state index contributed by atoms with van der Waals surface area (Å²) in [6.07, 6.45) is 2.37. The van der Waals surface area contributed by atoms with Gasteiger partial charge in [0.15, 0.2) is 11.5 Å². The zero-order chi connectivity index (χ0) is 17.7. The number of phenols is 3. The third kappa shape index (κ3) is 2.47. The highest BCUT2D eigenvalue weighted by atomic mass is 16.5. The number of phenolic OH excluding ortho intramolecular Hbond substituents is 3. The van der Waals surface area contributed by atoms with Gasteiger partial charge in [-0.15, -0.1) is 0 Å². The Labute approximate surface area is 145 Å². The monoisotopic (exact) mass is 340 g/mol.